The summed E-state index contributed by atoms with van der Waals surface area (Å²) in [4.78, 5) is 0. The van der Waals surface area contributed by atoms with Crippen molar-refractivity contribution in [1.29, 1.82) is 0 Å². The maximum absolute atomic E-state index is 6.00. The van der Waals surface area contributed by atoms with E-state index in [9.17, 15) is 0 Å². The van der Waals surface area contributed by atoms with Gasteiger partial charge in [-0.2, -0.15) is 0 Å². The third-order valence-electron chi connectivity index (χ3n) is 3.82. The van der Waals surface area contributed by atoms with Gasteiger partial charge in [0.2, 0.25) is 0 Å². The van der Waals surface area contributed by atoms with Crippen molar-refractivity contribution in [1.82, 2.24) is 0 Å². The maximum Gasteiger partial charge on any atom is 0.530 e. The highest BCUT2D eigenvalue weighted by Gasteiger charge is 2.49. The van der Waals surface area contributed by atoms with E-state index in [0.29, 0.717) is 18.6 Å². The summed E-state index contributed by atoms with van der Waals surface area (Å²) in [7, 11) is 2.07. The fourth-order valence-electron chi connectivity index (χ4n) is 2.46. The van der Waals surface area contributed by atoms with Crippen molar-refractivity contribution >= 4 is 8.80 Å². The molecule has 4 atom stereocenters. The Morgan fingerprint density at radius 3 is 2.05 bits per heavy atom. The molecule has 0 radical (unpaired) electrons. The first kappa shape index (κ1) is 16.3. The molecule has 4 unspecified atom stereocenters. The topological polar surface area (TPSA) is 62.0 Å². The van der Waals surface area contributed by atoms with Crippen molar-refractivity contribution in [2.24, 2.45) is 5.92 Å². The lowest BCUT2D eigenvalue weighted by molar-refractivity contribution is -0.00216. The summed E-state index contributed by atoms with van der Waals surface area (Å²) in [6.45, 7) is 4.43. The van der Waals surface area contributed by atoms with Crippen molar-refractivity contribution < 1.29 is 27.5 Å². The second kappa shape index (κ2) is 7.30. The number of rotatable bonds is 11. The molecule has 0 aromatic carbocycles. The molecule has 0 aromatic heterocycles. The van der Waals surface area contributed by atoms with Crippen LogP contribution in [0.25, 0.3) is 0 Å². The Kier molecular flexibility index (Phi) is 5.97. The second-order valence-electron chi connectivity index (χ2n) is 5.53. The Morgan fingerprint density at radius 1 is 1.05 bits per heavy atom. The van der Waals surface area contributed by atoms with Crippen molar-refractivity contribution in [2.45, 2.75) is 37.7 Å². The predicted octanol–water partition coefficient (Wildman–Crippen LogP) is 1.00. The quantitative estimate of drug-likeness (QED) is 0.419. The zero-order valence-corrected chi connectivity index (χ0v) is 13.8. The average molecular weight is 306 g/mol. The molecule has 0 saturated carbocycles. The first-order valence-electron chi connectivity index (χ1n) is 7.13. The van der Waals surface area contributed by atoms with E-state index in [1.165, 1.54) is 0 Å². The maximum atomic E-state index is 6.00. The summed E-state index contributed by atoms with van der Waals surface area (Å²) >= 11 is 0. The van der Waals surface area contributed by atoms with Gasteiger partial charge in [-0.1, -0.05) is 6.92 Å². The van der Waals surface area contributed by atoms with Gasteiger partial charge in [0.25, 0.3) is 0 Å². The van der Waals surface area contributed by atoms with E-state index in [4.69, 9.17) is 27.5 Å². The number of ether oxygens (including phenoxy) is 3. The molecule has 0 bridgehead atoms. The third-order valence-corrected chi connectivity index (χ3v) is 6.72. The van der Waals surface area contributed by atoms with Gasteiger partial charge in [-0.15, -0.1) is 0 Å². The molecule has 0 N–H and O–H groups in total. The summed E-state index contributed by atoms with van der Waals surface area (Å²) in [5.74, 6) is 0.472. The van der Waals surface area contributed by atoms with E-state index < -0.39 is 8.80 Å². The van der Waals surface area contributed by atoms with E-state index in [0.717, 1.165) is 26.1 Å². The van der Waals surface area contributed by atoms with E-state index in [-0.39, 0.29) is 11.8 Å². The Bertz CT molecular complexity index is 282. The van der Waals surface area contributed by atoms with Gasteiger partial charge in [-0.3, -0.25) is 0 Å². The van der Waals surface area contributed by atoms with Gasteiger partial charge in [0.05, 0.1) is 25.9 Å². The molecule has 2 saturated heterocycles. The SMILES string of the molecule is CO[Si](OC)(OC)C(CC(C)CC1CO1)OCC1CO1. The molecule has 118 valence electrons. The summed E-state index contributed by atoms with van der Waals surface area (Å²) < 4.78 is 33.2. The Morgan fingerprint density at radius 2 is 1.60 bits per heavy atom. The lowest BCUT2D eigenvalue weighted by Gasteiger charge is -2.33. The highest BCUT2D eigenvalue weighted by Crippen LogP contribution is 2.28. The van der Waals surface area contributed by atoms with Crippen molar-refractivity contribution in [3.8, 4) is 0 Å². The predicted molar refractivity (Wildman–Crippen MR) is 74.4 cm³/mol. The molecular formula is C13H26O6Si. The average Bonchev–Trinajstić information content (AvgIpc) is 3.33. The summed E-state index contributed by atoms with van der Waals surface area (Å²) in [6, 6.07) is 0. The van der Waals surface area contributed by atoms with Crippen molar-refractivity contribution in [3.63, 3.8) is 0 Å². The van der Waals surface area contributed by atoms with Crippen LogP contribution < -0.4 is 0 Å². The van der Waals surface area contributed by atoms with E-state index in [1.807, 2.05) is 0 Å². The van der Waals surface area contributed by atoms with Gasteiger partial charge in [-0.25, -0.2) is 0 Å². The standard InChI is InChI=1S/C13H26O6Si/c1-10(5-11-7-17-11)6-13(19-9-12-8-18-12)20(14-2,15-3)16-4/h10-13H,5-9H2,1-4H3. The van der Waals surface area contributed by atoms with Crippen LogP contribution in [0.5, 0.6) is 0 Å². The first-order valence-corrected chi connectivity index (χ1v) is 8.94. The number of hydrogen-bond donors (Lipinski definition) is 0. The highest BCUT2D eigenvalue weighted by molar-refractivity contribution is 6.62. The van der Waals surface area contributed by atoms with Crippen LogP contribution in [-0.2, 0) is 27.5 Å². The molecule has 2 aliphatic heterocycles. The van der Waals surface area contributed by atoms with Gasteiger partial charge < -0.3 is 27.5 Å². The highest BCUT2D eigenvalue weighted by atomic mass is 28.4. The van der Waals surface area contributed by atoms with Crippen LogP contribution in [0.2, 0.25) is 0 Å². The van der Waals surface area contributed by atoms with Crippen LogP contribution in [0, 0.1) is 5.92 Å². The molecule has 7 heteroatoms. The molecular weight excluding hydrogens is 280 g/mol. The normalized spacial score (nSPS) is 28.2. The van der Waals surface area contributed by atoms with Crippen LogP contribution in [-0.4, -0.2) is 67.9 Å². The van der Waals surface area contributed by atoms with E-state index >= 15 is 0 Å². The van der Waals surface area contributed by atoms with Gasteiger partial charge in [-0.05, 0) is 18.8 Å². The van der Waals surface area contributed by atoms with Crippen LogP contribution in [0.3, 0.4) is 0 Å². The smallest absolute Gasteiger partial charge is 0.375 e. The minimum atomic E-state index is -2.80. The van der Waals surface area contributed by atoms with Crippen LogP contribution >= 0.6 is 0 Å². The van der Waals surface area contributed by atoms with Crippen LogP contribution in [0.1, 0.15) is 19.8 Å². The molecule has 0 spiro atoms. The zero-order valence-electron chi connectivity index (χ0n) is 12.8. The first-order chi connectivity index (χ1) is 9.63. The van der Waals surface area contributed by atoms with Crippen molar-refractivity contribution in [3.05, 3.63) is 0 Å². The summed E-state index contributed by atoms with van der Waals surface area (Å²) in [5, 5.41) is 0. The van der Waals surface area contributed by atoms with Gasteiger partial charge in [0.1, 0.15) is 11.8 Å². The van der Waals surface area contributed by atoms with E-state index in [1.54, 1.807) is 21.3 Å². The molecule has 0 aliphatic carbocycles. The van der Waals surface area contributed by atoms with Crippen LogP contribution in [0.15, 0.2) is 0 Å². The summed E-state index contributed by atoms with van der Waals surface area (Å²) in [5.41, 5.74) is -0.166. The Balaban J connectivity index is 1.92. The minimum absolute atomic E-state index is 0.166. The minimum Gasteiger partial charge on any atom is -0.375 e. The zero-order chi connectivity index (χ0) is 14.6. The molecule has 2 rings (SSSR count). The molecule has 2 heterocycles. The van der Waals surface area contributed by atoms with Crippen LogP contribution in [0.4, 0.5) is 0 Å². The number of epoxide rings is 2. The lowest BCUT2D eigenvalue weighted by Crippen LogP contribution is -2.56. The fourth-order valence-corrected chi connectivity index (χ4v) is 4.74. The van der Waals surface area contributed by atoms with Gasteiger partial charge >= 0.3 is 8.80 Å². The Hall–Kier alpha value is -0.0231. The molecule has 0 aromatic rings. The van der Waals surface area contributed by atoms with Gasteiger partial charge in [0.15, 0.2) is 0 Å². The molecule has 6 nitrogen and oxygen atoms in total. The molecule has 0 amide bonds. The monoisotopic (exact) mass is 306 g/mol. The Labute approximate surface area is 122 Å². The second-order valence-corrected chi connectivity index (χ2v) is 8.60. The van der Waals surface area contributed by atoms with Gasteiger partial charge in [0, 0.05) is 21.3 Å². The fraction of sp³-hybridized carbons (Fsp3) is 1.00. The number of hydrogen-bond acceptors (Lipinski definition) is 6. The van der Waals surface area contributed by atoms with E-state index in [2.05, 4.69) is 6.92 Å². The lowest BCUT2D eigenvalue weighted by atomic mass is 10.0. The largest absolute Gasteiger partial charge is 0.530 e. The molecule has 2 fully saturated rings. The van der Waals surface area contributed by atoms with Crippen molar-refractivity contribution in [2.75, 3.05) is 41.2 Å². The third kappa shape index (κ3) is 4.49. The molecule has 20 heavy (non-hydrogen) atoms. The molecule has 2 aliphatic rings. The summed E-state index contributed by atoms with van der Waals surface area (Å²) in [6.07, 6.45) is 2.52.